The van der Waals surface area contributed by atoms with Crippen molar-refractivity contribution in [2.24, 2.45) is 0 Å². The Bertz CT molecular complexity index is 1180. The second-order valence-electron chi connectivity index (χ2n) is 9.47. The highest BCUT2D eigenvalue weighted by Crippen LogP contribution is 2.25. The maximum absolute atomic E-state index is 13.8. The van der Waals surface area contributed by atoms with Crippen LogP contribution in [0.3, 0.4) is 0 Å². The summed E-state index contributed by atoms with van der Waals surface area (Å²) in [4.78, 5) is 28.9. The van der Waals surface area contributed by atoms with Gasteiger partial charge in [0.05, 0.1) is 6.42 Å². The second kappa shape index (κ2) is 11.9. The molecule has 35 heavy (non-hydrogen) atoms. The van der Waals surface area contributed by atoms with Gasteiger partial charge in [0, 0.05) is 33.6 Å². The van der Waals surface area contributed by atoms with Gasteiger partial charge in [0.25, 0.3) is 0 Å². The predicted molar refractivity (Wildman–Crippen MR) is 144 cm³/mol. The quantitative estimate of drug-likeness (QED) is 0.350. The van der Waals surface area contributed by atoms with Gasteiger partial charge in [-0.1, -0.05) is 89.4 Å². The average molecular weight is 532 g/mol. The van der Waals surface area contributed by atoms with E-state index in [1.165, 1.54) is 0 Å². The van der Waals surface area contributed by atoms with Crippen LogP contribution in [0.5, 0.6) is 0 Å². The molecule has 7 heteroatoms. The molecule has 3 rings (SSSR count). The van der Waals surface area contributed by atoms with Crippen LogP contribution in [0.2, 0.25) is 15.1 Å². The predicted octanol–water partition coefficient (Wildman–Crippen LogP) is 6.74. The molecule has 0 radical (unpaired) electrons. The average Bonchev–Trinajstić information content (AvgIpc) is 2.78. The molecule has 0 unspecified atom stereocenters. The lowest BCUT2D eigenvalue weighted by Crippen LogP contribution is -2.54. The molecular weight excluding hydrogens is 503 g/mol. The van der Waals surface area contributed by atoms with Crippen LogP contribution in [-0.2, 0) is 29.0 Å². The summed E-state index contributed by atoms with van der Waals surface area (Å²) in [5.41, 5.74) is 1.87. The van der Waals surface area contributed by atoms with E-state index in [-0.39, 0.29) is 24.8 Å². The summed E-state index contributed by atoms with van der Waals surface area (Å²) >= 11 is 18.9. The zero-order valence-corrected chi connectivity index (χ0v) is 22.3. The largest absolute Gasteiger partial charge is 0.350 e. The summed E-state index contributed by atoms with van der Waals surface area (Å²) in [6, 6.07) is 21.2. The summed E-state index contributed by atoms with van der Waals surface area (Å²) in [6.45, 7) is 5.89. The van der Waals surface area contributed by atoms with Crippen molar-refractivity contribution in [1.29, 1.82) is 0 Å². The Kier molecular flexibility index (Phi) is 9.23. The van der Waals surface area contributed by atoms with Gasteiger partial charge in [-0.25, -0.2) is 0 Å². The Morgan fingerprint density at radius 3 is 2.14 bits per heavy atom. The van der Waals surface area contributed by atoms with Crippen molar-refractivity contribution >= 4 is 46.6 Å². The first-order chi connectivity index (χ1) is 16.5. The lowest BCUT2D eigenvalue weighted by Gasteiger charge is -2.34. The highest BCUT2D eigenvalue weighted by atomic mass is 35.5. The molecule has 0 aliphatic heterocycles. The molecule has 0 spiro atoms. The third-order valence-corrected chi connectivity index (χ3v) is 6.38. The summed E-state index contributed by atoms with van der Waals surface area (Å²) in [6.07, 6.45) is 0.404. The van der Waals surface area contributed by atoms with Crippen LogP contribution in [0.4, 0.5) is 0 Å². The fourth-order valence-electron chi connectivity index (χ4n) is 3.75. The molecule has 0 aliphatic rings. The van der Waals surface area contributed by atoms with E-state index in [1.807, 2.05) is 69.3 Å². The van der Waals surface area contributed by atoms with Gasteiger partial charge in [-0.2, -0.15) is 0 Å². The van der Waals surface area contributed by atoms with Crippen molar-refractivity contribution < 1.29 is 9.59 Å². The number of hydrogen-bond donors (Lipinski definition) is 1. The van der Waals surface area contributed by atoms with Crippen LogP contribution in [0, 0.1) is 0 Å². The smallest absolute Gasteiger partial charge is 0.243 e. The van der Waals surface area contributed by atoms with E-state index in [4.69, 9.17) is 34.8 Å². The van der Waals surface area contributed by atoms with Gasteiger partial charge >= 0.3 is 0 Å². The van der Waals surface area contributed by atoms with Crippen LogP contribution in [-0.4, -0.2) is 28.3 Å². The molecule has 1 N–H and O–H groups in total. The maximum atomic E-state index is 13.8. The molecule has 1 atom stereocenters. The van der Waals surface area contributed by atoms with Crippen molar-refractivity contribution in [3.63, 3.8) is 0 Å². The lowest BCUT2D eigenvalue weighted by atomic mass is 10.00. The Morgan fingerprint density at radius 1 is 0.857 bits per heavy atom. The van der Waals surface area contributed by atoms with E-state index < -0.39 is 11.6 Å². The summed E-state index contributed by atoms with van der Waals surface area (Å²) in [7, 11) is 0. The fraction of sp³-hybridized carbons (Fsp3) is 0.286. The van der Waals surface area contributed by atoms with Crippen LogP contribution in [0.15, 0.2) is 72.8 Å². The fourth-order valence-corrected chi connectivity index (χ4v) is 4.42. The third-order valence-electron chi connectivity index (χ3n) is 5.42. The topological polar surface area (TPSA) is 49.4 Å². The molecule has 0 aromatic heterocycles. The highest BCUT2D eigenvalue weighted by molar-refractivity contribution is 6.35. The number of rotatable bonds is 8. The summed E-state index contributed by atoms with van der Waals surface area (Å²) in [5.74, 6) is -0.465. The zero-order chi connectivity index (χ0) is 25.6. The molecule has 4 nitrogen and oxygen atoms in total. The second-order valence-corrected chi connectivity index (χ2v) is 10.7. The molecule has 0 heterocycles. The number of nitrogens with one attached hydrogen (secondary N) is 1. The molecule has 0 saturated carbocycles. The monoisotopic (exact) mass is 530 g/mol. The molecule has 2 amide bonds. The molecule has 0 fully saturated rings. The maximum Gasteiger partial charge on any atom is 0.243 e. The van der Waals surface area contributed by atoms with Crippen molar-refractivity contribution in [3.8, 4) is 0 Å². The summed E-state index contributed by atoms with van der Waals surface area (Å²) < 4.78 is 0. The number of nitrogens with zero attached hydrogens (tertiary/aromatic N) is 1. The van der Waals surface area contributed by atoms with E-state index in [2.05, 4.69) is 5.32 Å². The highest BCUT2D eigenvalue weighted by Gasteiger charge is 2.32. The lowest BCUT2D eigenvalue weighted by molar-refractivity contribution is -0.141. The van der Waals surface area contributed by atoms with Gasteiger partial charge in [-0.3, -0.25) is 9.59 Å². The minimum Gasteiger partial charge on any atom is -0.350 e. The van der Waals surface area contributed by atoms with Crippen LogP contribution in [0.25, 0.3) is 0 Å². The van der Waals surface area contributed by atoms with E-state index >= 15 is 0 Å². The number of amides is 2. The minimum atomic E-state index is -0.765. The Morgan fingerprint density at radius 2 is 1.51 bits per heavy atom. The minimum absolute atomic E-state index is 0.0545. The third kappa shape index (κ3) is 7.99. The zero-order valence-electron chi connectivity index (χ0n) is 20.0. The summed E-state index contributed by atoms with van der Waals surface area (Å²) in [5, 5.41) is 4.48. The van der Waals surface area contributed by atoms with Crippen molar-refractivity contribution in [3.05, 3.63) is 105 Å². The van der Waals surface area contributed by atoms with E-state index in [0.717, 1.165) is 5.56 Å². The number of benzene rings is 3. The van der Waals surface area contributed by atoms with Gasteiger partial charge < -0.3 is 10.2 Å². The molecule has 184 valence electrons. The number of hydrogen-bond acceptors (Lipinski definition) is 2. The first-order valence-electron chi connectivity index (χ1n) is 11.4. The van der Waals surface area contributed by atoms with Crippen LogP contribution in [0.1, 0.15) is 37.5 Å². The van der Waals surface area contributed by atoms with E-state index in [9.17, 15) is 9.59 Å². The van der Waals surface area contributed by atoms with Gasteiger partial charge in [0.2, 0.25) is 11.8 Å². The first kappa shape index (κ1) is 27.1. The Balaban J connectivity index is 2.03. The van der Waals surface area contributed by atoms with Crippen molar-refractivity contribution in [2.75, 3.05) is 0 Å². The standard InChI is InChI=1S/C28H29Cl3N2O2/c1-28(2,3)32-27(35)25(15-19-9-5-4-6-10-19)33(18-21-13-14-22(29)17-24(21)31)26(34)16-20-11-7-8-12-23(20)30/h4-14,17,25H,15-16,18H2,1-3H3,(H,32,35)/t25-/m1/s1. The van der Waals surface area contributed by atoms with Gasteiger partial charge in [0.1, 0.15) is 6.04 Å². The van der Waals surface area contributed by atoms with Gasteiger partial charge in [-0.05, 0) is 55.7 Å². The molecular formula is C28H29Cl3N2O2. The molecule has 0 aliphatic carbocycles. The van der Waals surface area contributed by atoms with Crippen LogP contribution >= 0.6 is 34.8 Å². The Hall–Kier alpha value is -2.53. The number of halogens is 3. The molecule has 3 aromatic carbocycles. The first-order valence-corrected chi connectivity index (χ1v) is 12.5. The number of carbonyl (C=O) groups excluding carboxylic acids is 2. The SMILES string of the molecule is CC(C)(C)NC(=O)[C@@H](Cc1ccccc1)N(Cc1ccc(Cl)cc1Cl)C(=O)Cc1ccccc1Cl. The van der Waals surface area contributed by atoms with Crippen molar-refractivity contribution in [1.82, 2.24) is 10.2 Å². The normalized spacial score (nSPS) is 12.2. The molecule has 3 aromatic rings. The Labute approximate surface area is 222 Å². The molecule has 0 saturated heterocycles. The van der Waals surface area contributed by atoms with Crippen LogP contribution < -0.4 is 5.32 Å². The van der Waals surface area contributed by atoms with E-state index in [0.29, 0.717) is 32.6 Å². The van der Waals surface area contributed by atoms with Crippen molar-refractivity contribution in [2.45, 2.75) is 51.7 Å². The number of carbonyl (C=O) groups is 2. The van der Waals surface area contributed by atoms with Gasteiger partial charge in [-0.15, -0.1) is 0 Å². The van der Waals surface area contributed by atoms with Gasteiger partial charge in [0.15, 0.2) is 0 Å². The van der Waals surface area contributed by atoms with E-state index in [1.54, 1.807) is 29.2 Å². The molecule has 0 bridgehead atoms.